The predicted molar refractivity (Wildman–Crippen MR) is 75.9 cm³/mol. The minimum Gasteiger partial charge on any atom is -0.481 e. The van der Waals surface area contributed by atoms with Crippen molar-refractivity contribution in [2.75, 3.05) is 0 Å². The Morgan fingerprint density at radius 2 is 2.06 bits per heavy atom. The van der Waals surface area contributed by atoms with E-state index in [4.69, 9.17) is 33.0 Å². The number of carboxylic acid groups (broad SMARTS) is 1. The molecule has 1 aromatic rings. The highest BCUT2D eigenvalue weighted by molar-refractivity contribution is 9.10. The summed E-state index contributed by atoms with van der Waals surface area (Å²) in [6.07, 6.45) is 1.48. The summed E-state index contributed by atoms with van der Waals surface area (Å²) in [7, 11) is 0. The molecule has 0 aliphatic carbocycles. The van der Waals surface area contributed by atoms with Crippen LogP contribution in [-0.2, 0) is 4.79 Å². The molecule has 1 rings (SSSR count). The molecule has 0 aliphatic heterocycles. The van der Waals surface area contributed by atoms with Crippen LogP contribution in [0.4, 0.5) is 0 Å². The number of hydrogen-bond donors (Lipinski definition) is 3. The fraction of sp³-hybridized carbons (Fsp3) is 0.100. The van der Waals surface area contributed by atoms with Crippen molar-refractivity contribution in [1.29, 1.82) is 0 Å². The number of carbonyl (C=O) groups is 1. The summed E-state index contributed by atoms with van der Waals surface area (Å²) in [5.41, 5.74) is 10.9. The Kier molecular flexibility index (Phi) is 7.73. The summed E-state index contributed by atoms with van der Waals surface area (Å²) >= 11 is 9.24. The minimum atomic E-state index is -0.833. The number of carboxylic acids is 1. The second-order valence-electron chi connectivity index (χ2n) is 2.92. The van der Waals surface area contributed by atoms with E-state index in [1.165, 1.54) is 6.21 Å². The van der Waals surface area contributed by atoms with E-state index >= 15 is 0 Å². The number of rotatable bonds is 2. The molecule has 0 spiro atoms. The van der Waals surface area contributed by atoms with Crippen LogP contribution in [0.3, 0.4) is 0 Å². The van der Waals surface area contributed by atoms with Crippen LogP contribution in [-0.4, -0.2) is 23.2 Å². The maximum absolute atomic E-state index is 9.00. The van der Waals surface area contributed by atoms with Crippen molar-refractivity contribution >= 4 is 45.7 Å². The molecule has 0 fully saturated rings. The topological polar surface area (TPSA) is 114 Å². The van der Waals surface area contributed by atoms with E-state index in [-0.39, 0.29) is 5.96 Å². The molecule has 1 aromatic carbocycles. The highest BCUT2D eigenvalue weighted by Gasteiger charge is 2.00. The van der Waals surface area contributed by atoms with Crippen LogP contribution < -0.4 is 11.5 Å². The third-order valence-electron chi connectivity index (χ3n) is 1.36. The average molecular weight is 336 g/mol. The lowest BCUT2D eigenvalue weighted by atomic mass is 10.2. The van der Waals surface area contributed by atoms with Crippen LogP contribution in [0, 0.1) is 0 Å². The number of benzene rings is 1. The van der Waals surface area contributed by atoms with Crippen LogP contribution in [0.1, 0.15) is 12.5 Å². The third kappa shape index (κ3) is 7.64. The van der Waals surface area contributed by atoms with E-state index in [1.54, 1.807) is 6.07 Å². The van der Waals surface area contributed by atoms with Gasteiger partial charge >= 0.3 is 0 Å². The van der Waals surface area contributed by atoms with E-state index in [0.717, 1.165) is 17.0 Å². The summed E-state index contributed by atoms with van der Waals surface area (Å²) in [5.74, 6) is -0.926. The van der Waals surface area contributed by atoms with Crippen LogP contribution >= 0.6 is 27.5 Å². The maximum atomic E-state index is 9.00. The van der Waals surface area contributed by atoms with Gasteiger partial charge in [-0.1, -0.05) is 33.6 Å². The van der Waals surface area contributed by atoms with Gasteiger partial charge in [-0.25, -0.2) is 0 Å². The van der Waals surface area contributed by atoms with Crippen molar-refractivity contribution in [3.8, 4) is 0 Å². The van der Waals surface area contributed by atoms with Gasteiger partial charge in [-0.05, 0) is 12.1 Å². The van der Waals surface area contributed by atoms with Gasteiger partial charge in [-0.2, -0.15) is 5.10 Å². The van der Waals surface area contributed by atoms with Crippen molar-refractivity contribution in [1.82, 2.24) is 0 Å². The second kappa shape index (κ2) is 8.48. The molecule has 0 aromatic heterocycles. The molecule has 6 nitrogen and oxygen atoms in total. The van der Waals surface area contributed by atoms with E-state index in [1.807, 2.05) is 12.1 Å². The van der Waals surface area contributed by atoms with E-state index in [9.17, 15) is 0 Å². The Morgan fingerprint density at radius 3 is 2.50 bits per heavy atom. The molecule has 5 N–H and O–H groups in total. The largest absolute Gasteiger partial charge is 0.481 e. The molecule has 8 heteroatoms. The molecule has 0 aliphatic rings. The van der Waals surface area contributed by atoms with Gasteiger partial charge in [0.25, 0.3) is 5.97 Å². The fourth-order valence-corrected chi connectivity index (χ4v) is 1.59. The highest BCUT2D eigenvalue weighted by atomic mass is 79.9. The Labute approximate surface area is 117 Å². The first-order chi connectivity index (χ1) is 8.34. The second-order valence-corrected chi connectivity index (χ2v) is 4.19. The van der Waals surface area contributed by atoms with Crippen molar-refractivity contribution in [2.24, 2.45) is 21.7 Å². The Bertz CT molecular complexity index is 449. The lowest BCUT2D eigenvalue weighted by molar-refractivity contribution is -0.134. The zero-order valence-corrected chi connectivity index (χ0v) is 11.8. The molecule has 0 unspecified atom stereocenters. The van der Waals surface area contributed by atoms with Gasteiger partial charge < -0.3 is 16.6 Å². The first-order valence-electron chi connectivity index (χ1n) is 4.60. The van der Waals surface area contributed by atoms with Crippen LogP contribution in [0.5, 0.6) is 0 Å². The Morgan fingerprint density at radius 1 is 1.50 bits per heavy atom. The van der Waals surface area contributed by atoms with Crippen LogP contribution in [0.25, 0.3) is 0 Å². The molecule has 0 amide bonds. The lowest BCUT2D eigenvalue weighted by Gasteiger charge is -1.98. The molecule has 0 atom stereocenters. The van der Waals surface area contributed by atoms with Gasteiger partial charge in [0.15, 0.2) is 0 Å². The van der Waals surface area contributed by atoms with Gasteiger partial charge in [0.1, 0.15) is 0 Å². The number of aliphatic carboxylic acids is 1. The summed E-state index contributed by atoms with van der Waals surface area (Å²) in [5, 5.41) is 15.1. The maximum Gasteiger partial charge on any atom is 0.300 e. The summed E-state index contributed by atoms with van der Waals surface area (Å²) in [6.45, 7) is 1.08. The lowest BCUT2D eigenvalue weighted by Crippen LogP contribution is -2.21. The van der Waals surface area contributed by atoms with Gasteiger partial charge in [0.2, 0.25) is 5.96 Å². The van der Waals surface area contributed by atoms with E-state index < -0.39 is 5.97 Å². The first-order valence-corrected chi connectivity index (χ1v) is 5.77. The van der Waals surface area contributed by atoms with Crippen LogP contribution in [0.15, 0.2) is 32.9 Å². The third-order valence-corrected chi connectivity index (χ3v) is 2.38. The van der Waals surface area contributed by atoms with Crippen molar-refractivity contribution in [3.63, 3.8) is 0 Å². The number of guanidine groups is 1. The standard InChI is InChI=1S/C8H8BrClN4.C2H4O2/c9-6-2-1-3-7(10)5(6)4-13-14-8(11)12;1-2(3)4/h1-4H,(H4,11,12,14);1H3,(H,3,4)/b13-4+;. The SMILES string of the molecule is CC(=O)O.NC(N)=N/N=C/c1c(Cl)cccc1Br. The quantitative estimate of drug-likeness (QED) is 0.434. The highest BCUT2D eigenvalue weighted by Crippen LogP contribution is 2.22. The Balaban J connectivity index is 0.000000631. The smallest absolute Gasteiger partial charge is 0.300 e. The van der Waals surface area contributed by atoms with Crippen molar-refractivity contribution in [2.45, 2.75) is 6.92 Å². The minimum absolute atomic E-state index is 0.0931. The molecule has 18 heavy (non-hydrogen) atoms. The van der Waals surface area contributed by atoms with Crippen molar-refractivity contribution in [3.05, 3.63) is 33.3 Å². The predicted octanol–water partition coefficient (Wildman–Crippen LogP) is 1.80. The number of hydrogen-bond acceptors (Lipinski definition) is 3. The van der Waals surface area contributed by atoms with Gasteiger partial charge in [-0.3, -0.25) is 4.79 Å². The summed E-state index contributed by atoms with van der Waals surface area (Å²) in [4.78, 5) is 9.00. The molecule has 0 heterocycles. The van der Waals surface area contributed by atoms with Crippen molar-refractivity contribution < 1.29 is 9.90 Å². The summed E-state index contributed by atoms with van der Waals surface area (Å²) < 4.78 is 0.833. The van der Waals surface area contributed by atoms with Gasteiger partial charge in [-0.15, -0.1) is 5.10 Å². The molecule has 0 saturated heterocycles. The number of nitrogens with zero attached hydrogens (tertiary/aromatic N) is 2. The molecule has 0 saturated carbocycles. The van der Waals surface area contributed by atoms with Gasteiger partial charge in [0.05, 0.1) is 11.2 Å². The monoisotopic (exact) mass is 334 g/mol. The molecule has 0 radical (unpaired) electrons. The molecular formula is C10H12BrClN4O2. The zero-order chi connectivity index (χ0) is 14.1. The normalized spacial score (nSPS) is 9.50. The molecule has 0 bridgehead atoms. The van der Waals surface area contributed by atoms with E-state index in [2.05, 4.69) is 26.1 Å². The number of nitrogens with two attached hydrogens (primary N) is 2. The molecule has 98 valence electrons. The zero-order valence-electron chi connectivity index (χ0n) is 9.47. The first kappa shape index (κ1) is 16.4. The number of halogens is 2. The van der Waals surface area contributed by atoms with Crippen LogP contribution in [0.2, 0.25) is 5.02 Å². The van der Waals surface area contributed by atoms with E-state index in [0.29, 0.717) is 5.02 Å². The van der Waals surface area contributed by atoms with Gasteiger partial charge in [0, 0.05) is 17.0 Å². The fourth-order valence-electron chi connectivity index (χ4n) is 0.787. The Hall–Kier alpha value is -1.60. The molecular weight excluding hydrogens is 323 g/mol. The summed E-state index contributed by atoms with van der Waals surface area (Å²) in [6, 6.07) is 5.43. The average Bonchev–Trinajstić information content (AvgIpc) is 2.21.